The Bertz CT molecular complexity index is 1300. The molecule has 0 bridgehead atoms. The van der Waals surface area contributed by atoms with Crippen LogP contribution in [0, 0.1) is 3.57 Å². The van der Waals surface area contributed by atoms with E-state index in [-0.39, 0.29) is 5.91 Å². The molecular weight excluding hydrogens is 594 g/mol. The van der Waals surface area contributed by atoms with E-state index in [0.29, 0.717) is 22.2 Å². The van der Waals surface area contributed by atoms with Crippen LogP contribution in [0.25, 0.3) is 0 Å². The highest BCUT2D eigenvalue weighted by Crippen LogP contribution is 2.45. The van der Waals surface area contributed by atoms with Gasteiger partial charge in [-0.1, -0.05) is 59.6 Å². The van der Waals surface area contributed by atoms with Gasteiger partial charge in [-0.3, -0.25) is 14.7 Å². The second-order valence-corrected chi connectivity index (χ2v) is 10.5. The lowest BCUT2D eigenvalue weighted by Crippen LogP contribution is -2.51. The van der Waals surface area contributed by atoms with Gasteiger partial charge in [0.1, 0.15) is 12.2 Å². The van der Waals surface area contributed by atoms with Crippen LogP contribution in [-0.2, 0) is 16.0 Å². The van der Waals surface area contributed by atoms with Crippen molar-refractivity contribution in [2.24, 2.45) is 0 Å². The van der Waals surface area contributed by atoms with Crippen molar-refractivity contribution in [3.8, 4) is 0 Å². The molecule has 3 aromatic carbocycles. The number of hydrogen-bond acceptors (Lipinski definition) is 3. The largest absolute Gasteiger partial charge is 0.358 e. The summed E-state index contributed by atoms with van der Waals surface area (Å²) in [5.41, 5.74) is 3.60. The maximum Gasteiger partial charge on any atom is 0.257 e. The number of carbonyl (C=O) groups excluding carboxylic acids is 1. The van der Waals surface area contributed by atoms with E-state index in [1.807, 2.05) is 89.8 Å². The van der Waals surface area contributed by atoms with Crippen molar-refractivity contribution in [3.63, 3.8) is 0 Å². The number of aromatic nitrogens is 1. The summed E-state index contributed by atoms with van der Waals surface area (Å²) in [5.74, 6) is -0.110. The summed E-state index contributed by atoms with van der Waals surface area (Å²) < 4.78 is 7.76. The van der Waals surface area contributed by atoms with Gasteiger partial charge in [0.2, 0.25) is 0 Å². The number of hydrogen-bond donors (Lipinski definition) is 0. The summed E-state index contributed by atoms with van der Waals surface area (Å²) >= 11 is 14.7. The maximum absolute atomic E-state index is 14.0. The van der Waals surface area contributed by atoms with E-state index in [4.69, 9.17) is 27.9 Å². The van der Waals surface area contributed by atoms with Crippen molar-refractivity contribution in [1.82, 2.24) is 4.98 Å². The molecule has 0 N–H and O–H groups in total. The second-order valence-electron chi connectivity index (χ2n) is 8.34. The Hall–Kier alpha value is -2.45. The van der Waals surface area contributed by atoms with Gasteiger partial charge in [-0.05, 0) is 87.8 Å². The van der Waals surface area contributed by atoms with Gasteiger partial charge in [0.05, 0.1) is 17.9 Å². The zero-order chi connectivity index (χ0) is 24.4. The number of ether oxygens (including phenoxy) is 1. The quantitative estimate of drug-likeness (QED) is 0.219. The minimum absolute atomic E-state index is 0.110. The lowest BCUT2D eigenvalue weighted by molar-refractivity contribution is -0.145. The maximum atomic E-state index is 14.0. The first kappa shape index (κ1) is 24.3. The van der Waals surface area contributed by atoms with Gasteiger partial charge in [0.15, 0.2) is 0 Å². The minimum Gasteiger partial charge on any atom is -0.358 e. The Morgan fingerprint density at radius 1 is 0.857 bits per heavy atom. The summed E-state index contributed by atoms with van der Waals surface area (Å²) in [6.45, 7) is 0. The summed E-state index contributed by atoms with van der Waals surface area (Å²) in [6.07, 6.45) is 2.78. The van der Waals surface area contributed by atoms with Gasteiger partial charge in [0.25, 0.3) is 5.91 Å². The molecule has 1 aromatic heterocycles. The normalized spacial score (nSPS) is 20.1. The molecule has 35 heavy (non-hydrogen) atoms. The number of rotatable bonds is 5. The molecule has 1 fully saturated rings. The number of pyridine rings is 1. The van der Waals surface area contributed by atoms with Crippen molar-refractivity contribution in [1.29, 1.82) is 0 Å². The summed E-state index contributed by atoms with van der Waals surface area (Å²) in [7, 11) is 0. The molecule has 4 nitrogen and oxygen atoms in total. The molecule has 4 aromatic rings. The zero-order valence-electron chi connectivity index (χ0n) is 18.5. The van der Waals surface area contributed by atoms with Gasteiger partial charge < -0.3 is 4.74 Å². The number of morpholine rings is 1. The van der Waals surface area contributed by atoms with E-state index in [9.17, 15) is 4.79 Å². The molecule has 5 rings (SSSR count). The van der Waals surface area contributed by atoms with Crippen LogP contribution in [0.15, 0.2) is 97.3 Å². The fourth-order valence-corrected chi connectivity index (χ4v) is 5.00. The molecule has 1 saturated heterocycles. The van der Waals surface area contributed by atoms with E-state index >= 15 is 0 Å². The number of nitrogens with zero attached hydrogens (tertiary/aromatic N) is 2. The topological polar surface area (TPSA) is 42.4 Å². The Morgan fingerprint density at radius 2 is 1.49 bits per heavy atom. The third kappa shape index (κ3) is 5.38. The lowest BCUT2D eigenvalue weighted by Gasteiger charge is -2.44. The highest BCUT2D eigenvalue weighted by molar-refractivity contribution is 14.1. The Balaban J connectivity index is 1.63. The third-order valence-electron chi connectivity index (χ3n) is 6.06. The molecule has 7 heteroatoms. The fourth-order valence-electron chi connectivity index (χ4n) is 4.39. The predicted molar refractivity (Wildman–Crippen MR) is 148 cm³/mol. The zero-order valence-corrected chi connectivity index (χ0v) is 22.2. The van der Waals surface area contributed by atoms with Crippen LogP contribution in [0.5, 0.6) is 0 Å². The molecular formula is C28H21Cl2IN2O2. The Morgan fingerprint density at radius 3 is 2.09 bits per heavy atom. The number of benzene rings is 3. The van der Waals surface area contributed by atoms with Gasteiger partial charge in [-0.25, -0.2) is 0 Å². The van der Waals surface area contributed by atoms with Gasteiger partial charge in [-0.2, -0.15) is 0 Å². The number of carbonyl (C=O) groups is 1. The van der Waals surface area contributed by atoms with Crippen molar-refractivity contribution in [3.05, 3.63) is 128 Å². The smallest absolute Gasteiger partial charge is 0.257 e. The number of amides is 1. The van der Waals surface area contributed by atoms with E-state index in [1.165, 1.54) is 0 Å². The molecule has 3 atom stereocenters. The first-order chi connectivity index (χ1) is 17.0. The molecule has 2 unspecified atom stereocenters. The summed E-state index contributed by atoms with van der Waals surface area (Å²) in [5, 5.41) is 1.27. The van der Waals surface area contributed by atoms with Crippen molar-refractivity contribution < 1.29 is 9.53 Å². The standard InChI is InChI=1S/C28H21Cl2IN2O2/c29-21-9-5-19(6-10-21)26-27(20-7-11-22(30)12-8-20)35-25(16-18-3-13-23(31)14-4-18)28(34)33(26)24-2-1-15-32-17-24/h1-15,17,25-27H,16H2/t25?,26?,27-/m1/s1. The van der Waals surface area contributed by atoms with E-state index in [2.05, 4.69) is 27.6 Å². The van der Waals surface area contributed by atoms with Gasteiger partial charge >= 0.3 is 0 Å². The monoisotopic (exact) mass is 614 g/mol. The van der Waals surface area contributed by atoms with E-state index in [0.717, 1.165) is 20.3 Å². The van der Waals surface area contributed by atoms with E-state index in [1.54, 1.807) is 12.4 Å². The molecule has 2 heterocycles. The molecule has 1 amide bonds. The lowest BCUT2D eigenvalue weighted by atomic mass is 9.90. The van der Waals surface area contributed by atoms with Crippen LogP contribution in [-0.4, -0.2) is 17.0 Å². The van der Waals surface area contributed by atoms with Crippen LogP contribution in [0.3, 0.4) is 0 Å². The molecule has 1 aliphatic heterocycles. The average molecular weight is 615 g/mol. The van der Waals surface area contributed by atoms with Crippen LogP contribution >= 0.6 is 45.8 Å². The van der Waals surface area contributed by atoms with Crippen molar-refractivity contribution in [2.45, 2.75) is 24.7 Å². The summed E-state index contributed by atoms with van der Waals surface area (Å²) in [6, 6.07) is 26.6. The van der Waals surface area contributed by atoms with Crippen LogP contribution in [0.1, 0.15) is 28.8 Å². The minimum atomic E-state index is -0.667. The SMILES string of the molecule is O=C1C(Cc2ccc(I)cc2)O[C@H](c2ccc(Cl)cc2)C(c2ccc(Cl)cc2)N1c1cccnc1. The fraction of sp³-hybridized carbons (Fsp3) is 0.143. The van der Waals surface area contributed by atoms with Crippen LogP contribution in [0.2, 0.25) is 10.0 Å². The average Bonchev–Trinajstić information content (AvgIpc) is 2.88. The Kier molecular flexibility index (Phi) is 7.39. The highest BCUT2D eigenvalue weighted by atomic mass is 127. The molecule has 176 valence electrons. The van der Waals surface area contributed by atoms with Crippen molar-refractivity contribution >= 4 is 57.4 Å². The summed E-state index contributed by atoms with van der Waals surface area (Å²) in [4.78, 5) is 20.1. The first-order valence-corrected chi connectivity index (χ1v) is 13.0. The predicted octanol–water partition coefficient (Wildman–Crippen LogP) is 7.45. The third-order valence-corrected chi connectivity index (χ3v) is 7.28. The van der Waals surface area contributed by atoms with E-state index < -0.39 is 18.2 Å². The van der Waals surface area contributed by atoms with Gasteiger partial charge in [0, 0.05) is 26.2 Å². The first-order valence-electron chi connectivity index (χ1n) is 11.1. The molecule has 1 aliphatic rings. The molecule has 0 spiro atoms. The molecule has 0 radical (unpaired) electrons. The highest BCUT2D eigenvalue weighted by Gasteiger charge is 2.44. The Labute approximate surface area is 228 Å². The van der Waals surface area contributed by atoms with Crippen molar-refractivity contribution in [2.75, 3.05) is 4.90 Å². The number of anilines is 1. The second kappa shape index (κ2) is 10.7. The number of halogens is 3. The molecule has 0 aliphatic carbocycles. The van der Waals surface area contributed by atoms with Crippen LogP contribution in [0.4, 0.5) is 5.69 Å². The molecule has 0 saturated carbocycles. The van der Waals surface area contributed by atoms with Crippen LogP contribution < -0.4 is 4.90 Å². The van der Waals surface area contributed by atoms with Gasteiger partial charge in [-0.15, -0.1) is 0 Å².